The number of halogens is 2. The quantitative estimate of drug-likeness (QED) is 0.679. The van der Waals surface area contributed by atoms with Gasteiger partial charge in [-0.05, 0) is 61.2 Å². The number of piperidine rings is 1. The summed E-state index contributed by atoms with van der Waals surface area (Å²) in [6, 6.07) is 8.66. The van der Waals surface area contributed by atoms with Crippen molar-refractivity contribution in [2.75, 3.05) is 25.5 Å². The van der Waals surface area contributed by atoms with Crippen molar-refractivity contribution < 1.29 is 22.3 Å². The number of anilines is 1. The van der Waals surface area contributed by atoms with Gasteiger partial charge in [0, 0.05) is 25.2 Å². The normalized spacial score (nSPS) is 15.0. The van der Waals surface area contributed by atoms with E-state index in [1.165, 1.54) is 35.7 Å². The maximum Gasteiger partial charge on any atom is 0.243 e. The fourth-order valence-electron chi connectivity index (χ4n) is 3.41. The molecular weight excluding hydrogens is 431 g/mol. The van der Waals surface area contributed by atoms with Gasteiger partial charge in [-0.25, -0.2) is 12.8 Å². The largest absolute Gasteiger partial charge is 0.496 e. The van der Waals surface area contributed by atoms with Crippen molar-refractivity contribution in [2.24, 2.45) is 0 Å². The maximum absolute atomic E-state index is 13.2. The lowest BCUT2D eigenvalue weighted by Crippen LogP contribution is -2.35. The van der Waals surface area contributed by atoms with Crippen LogP contribution in [0.15, 0.2) is 41.3 Å². The molecule has 1 N–H and O–H groups in total. The molecule has 0 atom stereocenters. The molecule has 0 bridgehead atoms. The van der Waals surface area contributed by atoms with Gasteiger partial charge in [-0.15, -0.1) is 0 Å². The number of aryl methyl sites for hydroxylation is 1. The van der Waals surface area contributed by atoms with E-state index in [2.05, 4.69) is 5.32 Å². The average Bonchev–Trinajstić information content (AvgIpc) is 2.75. The molecule has 0 saturated carbocycles. The van der Waals surface area contributed by atoms with E-state index in [1.54, 1.807) is 12.1 Å². The summed E-state index contributed by atoms with van der Waals surface area (Å²) in [6.45, 7) is 1.04. The molecule has 2 aromatic carbocycles. The summed E-state index contributed by atoms with van der Waals surface area (Å²) in [7, 11) is -2.08. The van der Waals surface area contributed by atoms with Crippen molar-refractivity contribution >= 4 is 33.2 Å². The molecule has 1 amide bonds. The summed E-state index contributed by atoms with van der Waals surface area (Å²) in [4.78, 5) is 12.5. The minimum atomic E-state index is -3.58. The standard InChI is InChI=1S/C21H24ClFN2O4S/c1-29-20-9-7-17(30(27,28)25-11-3-2-4-12-25)13-15(20)5-10-21(26)24-16-6-8-19(23)18(22)14-16/h6-9,13-14H,2-5,10-12H2,1H3,(H,24,26). The summed E-state index contributed by atoms with van der Waals surface area (Å²) in [5.74, 6) is -0.347. The molecule has 0 spiro atoms. The molecule has 1 aliphatic rings. The third kappa shape index (κ3) is 5.30. The van der Waals surface area contributed by atoms with Gasteiger partial charge >= 0.3 is 0 Å². The summed E-state index contributed by atoms with van der Waals surface area (Å²) in [5, 5.41) is 2.58. The number of nitrogens with zero attached hydrogens (tertiary/aromatic N) is 1. The number of ether oxygens (including phenoxy) is 1. The van der Waals surface area contributed by atoms with Crippen LogP contribution in [0.25, 0.3) is 0 Å². The first-order valence-electron chi connectivity index (χ1n) is 9.73. The predicted molar refractivity (Wildman–Crippen MR) is 114 cm³/mol. The van der Waals surface area contributed by atoms with Crippen molar-refractivity contribution in [1.29, 1.82) is 0 Å². The number of methoxy groups -OCH3 is 1. The zero-order chi connectivity index (χ0) is 21.7. The molecule has 1 heterocycles. The van der Waals surface area contributed by atoms with Crippen molar-refractivity contribution in [1.82, 2.24) is 4.31 Å². The van der Waals surface area contributed by atoms with Gasteiger partial charge in [0.25, 0.3) is 0 Å². The highest BCUT2D eigenvalue weighted by atomic mass is 35.5. The van der Waals surface area contributed by atoms with Crippen molar-refractivity contribution in [3.8, 4) is 5.75 Å². The van der Waals surface area contributed by atoms with E-state index in [-0.39, 0.29) is 28.7 Å². The molecule has 1 fully saturated rings. The molecule has 1 saturated heterocycles. The Bertz CT molecular complexity index is 1020. The first-order valence-corrected chi connectivity index (χ1v) is 11.5. The topological polar surface area (TPSA) is 75.7 Å². The number of hydrogen-bond acceptors (Lipinski definition) is 4. The van der Waals surface area contributed by atoms with E-state index in [9.17, 15) is 17.6 Å². The van der Waals surface area contributed by atoms with Crippen molar-refractivity contribution in [3.05, 3.63) is 52.8 Å². The highest BCUT2D eigenvalue weighted by Gasteiger charge is 2.26. The Morgan fingerprint density at radius 3 is 2.57 bits per heavy atom. The summed E-state index contributed by atoms with van der Waals surface area (Å²) >= 11 is 5.73. The van der Waals surface area contributed by atoms with Crippen LogP contribution in [-0.2, 0) is 21.2 Å². The van der Waals surface area contributed by atoms with Gasteiger partial charge in [0.1, 0.15) is 11.6 Å². The first-order chi connectivity index (χ1) is 14.3. The van der Waals surface area contributed by atoms with Crippen LogP contribution >= 0.6 is 11.6 Å². The summed E-state index contributed by atoms with van der Waals surface area (Å²) in [6.07, 6.45) is 3.13. The van der Waals surface area contributed by atoms with E-state index < -0.39 is 15.8 Å². The molecule has 1 aliphatic heterocycles. The SMILES string of the molecule is COc1ccc(S(=O)(=O)N2CCCCC2)cc1CCC(=O)Nc1ccc(F)c(Cl)c1. The molecule has 0 aromatic heterocycles. The number of rotatable bonds is 7. The molecule has 0 radical (unpaired) electrons. The number of carbonyl (C=O) groups excluding carboxylic acids is 1. The monoisotopic (exact) mass is 454 g/mol. The lowest BCUT2D eigenvalue weighted by molar-refractivity contribution is -0.116. The minimum absolute atomic E-state index is 0.0786. The Labute approximate surface area is 181 Å². The molecule has 6 nitrogen and oxygen atoms in total. The van der Waals surface area contributed by atoms with Crippen LogP contribution in [0.1, 0.15) is 31.2 Å². The number of hydrogen-bond donors (Lipinski definition) is 1. The molecular formula is C21H24ClFN2O4S. The van der Waals surface area contributed by atoms with Crippen LogP contribution in [0.5, 0.6) is 5.75 Å². The van der Waals surface area contributed by atoms with Gasteiger partial charge in [-0.3, -0.25) is 4.79 Å². The van der Waals surface area contributed by atoms with Crippen LogP contribution in [0, 0.1) is 5.82 Å². The second-order valence-corrected chi connectivity index (χ2v) is 9.46. The molecule has 2 aromatic rings. The molecule has 0 aliphatic carbocycles. The van der Waals surface area contributed by atoms with Gasteiger partial charge in [0.15, 0.2) is 0 Å². The Balaban J connectivity index is 1.72. The van der Waals surface area contributed by atoms with Gasteiger partial charge in [0.2, 0.25) is 15.9 Å². The molecule has 30 heavy (non-hydrogen) atoms. The fraction of sp³-hybridized carbons (Fsp3) is 0.381. The van der Waals surface area contributed by atoms with Crippen LogP contribution in [0.4, 0.5) is 10.1 Å². The van der Waals surface area contributed by atoms with E-state index in [1.807, 2.05) is 0 Å². The van der Waals surface area contributed by atoms with Crippen molar-refractivity contribution in [3.63, 3.8) is 0 Å². The van der Waals surface area contributed by atoms with Gasteiger partial charge < -0.3 is 10.1 Å². The zero-order valence-electron chi connectivity index (χ0n) is 16.7. The van der Waals surface area contributed by atoms with Crippen molar-refractivity contribution in [2.45, 2.75) is 37.0 Å². The maximum atomic E-state index is 13.2. The van der Waals surface area contributed by atoms with E-state index >= 15 is 0 Å². The Kier molecular flexibility index (Phi) is 7.33. The third-order valence-corrected chi connectivity index (χ3v) is 7.21. The van der Waals surface area contributed by atoms with E-state index in [0.29, 0.717) is 30.1 Å². The third-order valence-electron chi connectivity index (χ3n) is 5.03. The molecule has 0 unspecified atom stereocenters. The van der Waals surface area contributed by atoms with Gasteiger partial charge in [0.05, 0.1) is 17.0 Å². The van der Waals surface area contributed by atoms with Crippen LogP contribution in [-0.4, -0.2) is 38.8 Å². The lowest BCUT2D eigenvalue weighted by Gasteiger charge is -2.26. The number of benzene rings is 2. The predicted octanol–water partition coefficient (Wildman–Crippen LogP) is 4.23. The second-order valence-electron chi connectivity index (χ2n) is 7.12. The fourth-order valence-corrected chi connectivity index (χ4v) is 5.16. The number of nitrogens with one attached hydrogen (secondary N) is 1. The summed E-state index contributed by atoms with van der Waals surface area (Å²) in [5.41, 5.74) is 1.02. The smallest absolute Gasteiger partial charge is 0.243 e. The Morgan fingerprint density at radius 1 is 1.17 bits per heavy atom. The van der Waals surface area contributed by atoms with Crippen LogP contribution in [0.2, 0.25) is 5.02 Å². The van der Waals surface area contributed by atoms with Gasteiger partial charge in [-0.1, -0.05) is 18.0 Å². The Morgan fingerprint density at radius 2 is 1.90 bits per heavy atom. The highest BCUT2D eigenvalue weighted by molar-refractivity contribution is 7.89. The van der Waals surface area contributed by atoms with Crippen LogP contribution in [0.3, 0.4) is 0 Å². The first kappa shape index (κ1) is 22.5. The summed E-state index contributed by atoms with van der Waals surface area (Å²) < 4.78 is 46.0. The second kappa shape index (κ2) is 9.76. The molecule has 162 valence electrons. The zero-order valence-corrected chi connectivity index (χ0v) is 18.2. The number of sulfonamides is 1. The minimum Gasteiger partial charge on any atom is -0.496 e. The van der Waals surface area contributed by atoms with E-state index in [0.717, 1.165) is 19.3 Å². The molecule has 9 heteroatoms. The average molecular weight is 455 g/mol. The number of amides is 1. The number of carbonyl (C=O) groups is 1. The highest BCUT2D eigenvalue weighted by Crippen LogP contribution is 2.27. The molecule has 3 rings (SSSR count). The van der Waals surface area contributed by atoms with Crippen LogP contribution < -0.4 is 10.1 Å². The lowest BCUT2D eigenvalue weighted by atomic mass is 10.1. The van der Waals surface area contributed by atoms with E-state index in [4.69, 9.17) is 16.3 Å². The Hall–Kier alpha value is -2.16. The van der Waals surface area contributed by atoms with Gasteiger partial charge in [-0.2, -0.15) is 4.31 Å².